The van der Waals surface area contributed by atoms with Crippen molar-refractivity contribution in [1.29, 1.82) is 0 Å². The van der Waals surface area contributed by atoms with E-state index in [0.717, 1.165) is 22.6 Å². The predicted molar refractivity (Wildman–Crippen MR) is 79.5 cm³/mol. The van der Waals surface area contributed by atoms with Crippen molar-refractivity contribution in [2.45, 2.75) is 13.0 Å². The Bertz CT molecular complexity index is 628. The van der Waals surface area contributed by atoms with Crippen molar-refractivity contribution in [3.8, 4) is 5.75 Å². The first-order chi connectivity index (χ1) is 9.16. The number of para-hydroxylation sites is 1. The zero-order valence-corrected chi connectivity index (χ0v) is 11.9. The molecule has 1 N–H and O–H groups in total. The van der Waals surface area contributed by atoms with Crippen molar-refractivity contribution in [3.63, 3.8) is 0 Å². The fourth-order valence-corrected chi connectivity index (χ4v) is 2.71. The summed E-state index contributed by atoms with van der Waals surface area (Å²) < 4.78 is 6.08. The van der Waals surface area contributed by atoms with E-state index in [0.29, 0.717) is 16.6 Å². The minimum atomic E-state index is -0.125. The minimum Gasteiger partial charge on any atom is -0.481 e. The number of anilines is 1. The van der Waals surface area contributed by atoms with Gasteiger partial charge in [-0.2, -0.15) is 0 Å². The molecule has 1 atom stereocenters. The van der Waals surface area contributed by atoms with Gasteiger partial charge in [0, 0.05) is 5.56 Å². The van der Waals surface area contributed by atoms with Gasteiger partial charge in [0.25, 0.3) is 0 Å². The zero-order valence-electron chi connectivity index (χ0n) is 10.4. The Morgan fingerprint density at radius 1 is 1.16 bits per heavy atom. The second-order valence-electron chi connectivity index (χ2n) is 4.58. The van der Waals surface area contributed by atoms with Gasteiger partial charge in [-0.05, 0) is 24.6 Å². The van der Waals surface area contributed by atoms with Crippen LogP contribution in [-0.4, -0.2) is 6.54 Å². The smallest absolute Gasteiger partial charge is 0.146 e. The summed E-state index contributed by atoms with van der Waals surface area (Å²) in [6.07, 6.45) is -0.125. The number of benzene rings is 2. The van der Waals surface area contributed by atoms with Crippen LogP contribution in [-0.2, 0) is 0 Å². The van der Waals surface area contributed by atoms with E-state index in [2.05, 4.69) is 5.32 Å². The Hall–Kier alpha value is -1.38. The van der Waals surface area contributed by atoms with E-state index in [1.54, 1.807) is 6.07 Å². The summed E-state index contributed by atoms with van der Waals surface area (Å²) in [5, 5.41) is 4.49. The van der Waals surface area contributed by atoms with Crippen molar-refractivity contribution in [2.24, 2.45) is 0 Å². The third kappa shape index (κ3) is 2.26. The predicted octanol–water partition coefficient (Wildman–Crippen LogP) is 4.85. The molecule has 98 valence electrons. The lowest BCUT2D eigenvalue weighted by Gasteiger charge is -2.29. The van der Waals surface area contributed by atoms with Gasteiger partial charge in [-0.25, -0.2) is 0 Å². The van der Waals surface area contributed by atoms with Gasteiger partial charge in [0.1, 0.15) is 11.9 Å². The second-order valence-corrected chi connectivity index (χ2v) is 5.37. The molecule has 0 saturated carbocycles. The highest BCUT2D eigenvalue weighted by Crippen LogP contribution is 2.39. The molecule has 0 aromatic heterocycles. The number of rotatable bonds is 1. The van der Waals surface area contributed by atoms with E-state index in [9.17, 15) is 0 Å². The van der Waals surface area contributed by atoms with Crippen LogP contribution < -0.4 is 10.1 Å². The van der Waals surface area contributed by atoms with E-state index in [-0.39, 0.29) is 6.10 Å². The maximum Gasteiger partial charge on any atom is 0.146 e. The molecule has 4 heteroatoms. The Balaban J connectivity index is 1.98. The van der Waals surface area contributed by atoms with Gasteiger partial charge < -0.3 is 10.1 Å². The molecule has 1 heterocycles. The van der Waals surface area contributed by atoms with E-state index in [1.807, 2.05) is 37.3 Å². The molecule has 1 unspecified atom stereocenters. The monoisotopic (exact) mass is 293 g/mol. The molecule has 0 saturated heterocycles. The van der Waals surface area contributed by atoms with Gasteiger partial charge in [0.05, 0.1) is 22.3 Å². The quantitative estimate of drug-likeness (QED) is 0.812. The van der Waals surface area contributed by atoms with Crippen LogP contribution in [0.4, 0.5) is 5.69 Å². The van der Waals surface area contributed by atoms with Gasteiger partial charge in [-0.3, -0.25) is 0 Å². The summed E-state index contributed by atoms with van der Waals surface area (Å²) in [5.41, 5.74) is 3.04. The van der Waals surface area contributed by atoms with Gasteiger partial charge in [0.2, 0.25) is 0 Å². The number of halogens is 2. The summed E-state index contributed by atoms with van der Waals surface area (Å²) in [7, 11) is 0. The summed E-state index contributed by atoms with van der Waals surface area (Å²) >= 11 is 12.3. The SMILES string of the molecule is Cc1cccc2c1OC(c1cccc(Cl)c1Cl)CN2. The van der Waals surface area contributed by atoms with Gasteiger partial charge in [-0.15, -0.1) is 0 Å². The van der Waals surface area contributed by atoms with Crippen LogP contribution in [0.3, 0.4) is 0 Å². The minimum absolute atomic E-state index is 0.125. The lowest BCUT2D eigenvalue weighted by Crippen LogP contribution is -2.24. The molecule has 1 aliphatic heterocycles. The van der Waals surface area contributed by atoms with Crippen LogP contribution in [0, 0.1) is 6.92 Å². The van der Waals surface area contributed by atoms with Crippen molar-refractivity contribution in [2.75, 3.05) is 11.9 Å². The van der Waals surface area contributed by atoms with E-state index in [4.69, 9.17) is 27.9 Å². The topological polar surface area (TPSA) is 21.3 Å². The number of nitrogens with one attached hydrogen (secondary N) is 1. The van der Waals surface area contributed by atoms with Crippen LogP contribution in [0.2, 0.25) is 10.0 Å². The summed E-state index contributed by atoms with van der Waals surface area (Å²) in [4.78, 5) is 0. The van der Waals surface area contributed by atoms with Crippen molar-refractivity contribution >= 4 is 28.9 Å². The van der Waals surface area contributed by atoms with E-state index >= 15 is 0 Å². The molecule has 0 bridgehead atoms. The third-order valence-electron chi connectivity index (χ3n) is 3.28. The summed E-state index contributed by atoms with van der Waals surface area (Å²) in [6.45, 7) is 2.71. The highest BCUT2D eigenvalue weighted by molar-refractivity contribution is 6.42. The van der Waals surface area contributed by atoms with Crippen molar-refractivity contribution in [3.05, 3.63) is 57.6 Å². The average Bonchev–Trinajstić information content (AvgIpc) is 2.42. The van der Waals surface area contributed by atoms with Crippen LogP contribution >= 0.6 is 23.2 Å². The standard InChI is InChI=1S/C15H13Cl2NO/c1-9-4-2-7-12-15(9)19-13(8-18-12)10-5-3-6-11(16)14(10)17/h2-7,13,18H,8H2,1H3. The molecule has 3 rings (SSSR count). The van der Waals surface area contributed by atoms with Gasteiger partial charge in [0.15, 0.2) is 0 Å². The molecule has 2 nitrogen and oxygen atoms in total. The average molecular weight is 294 g/mol. The Kier molecular flexibility index (Phi) is 3.29. The maximum atomic E-state index is 6.25. The lowest BCUT2D eigenvalue weighted by atomic mass is 10.1. The van der Waals surface area contributed by atoms with Crippen LogP contribution in [0.5, 0.6) is 5.75 Å². The largest absolute Gasteiger partial charge is 0.481 e. The number of ether oxygens (including phenoxy) is 1. The molecule has 19 heavy (non-hydrogen) atoms. The number of aryl methyl sites for hydroxylation is 1. The molecule has 2 aromatic rings. The molecule has 0 spiro atoms. The first-order valence-corrected chi connectivity index (χ1v) is 6.86. The molecular weight excluding hydrogens is 281 g/mol. The van der Waals surface area contributed by atoms with Crippen molar-refractivity contribution in [1.82, 2.24) is 0 Å². The Morgan fingerprint density at radius 2 is 1.95 bits per heavy atom. The Labute approximate surface area is 122 Å². The molecule has 0 amide bonds. The number of hydrogen-bond acceptors (Lipinski definition) is 2. The van der Waals surface area contributed by atoms with Crippen LogP contribution in [0.25, 0.3) is 0 Å². The number of hydrogen-bond donors (Lipinski definition) is 1. The molecular formula is C15H13Cl2NO. The summed E-state index contributed by atoms with van der Waals surface area (Å²) in [5.74, 6) is 0.884. The third-order valence-corrected chi connectivity index (χ3v) is 4.11. The first kappa shape index (κ1) is 12.6. The van der Waals surface area contributed by atoms with E-state index in [1.165, 1.54) is 0 Å². The zero-order chi connectivity index (χ0) is 13.4. The Morgan fingerprint density at radius 3 is 2.79 bits per heavy atom. The molecule has 0 fully saturated rings. The normalized spacial score (nSPS) is 17.3. The van der Waals surface area contributed by atoms with E-state index < -0.39 is 0 Å². The van der Waals surface area contributed by atoms with Gasteiger partial charge >= 0.3 is 0 Å². The lowest BCUT2D eigenvalue weighted by molar-refractivity contribution is 0.209. The van der Waals surface area contributed by atoms with Gasteiger partial charge in [-0.1, -0.05) is 47.5 Å². The van der Waals surface area contributed by atoms with Crippen molar-refractivity contribution < 1.29 is 4.74 Å². The summed E-state index contributed by atoms with van der Waals surface area (Å²) in [6, 6.07) is 11.7. The molecule has 2 aromatic carbocycles. The van der Waals surface area contributed by atoms with Crippen LogP contribution in [0.1, 0.15) is 17.2 Å². The fraction of sp³-hybridized carbons (Fsp3) is 0.200. The molecule has 0 radical (unpaired) electrons. The first-order valence-electron chi connectivity index (χ1n) is 6.11. The van der Waals surface area contributed by atoms with Crippen LogP contribution in [0.15, 0.2) is 36.4 Å². The molecule has 0 aliphatic carbocycles. The second kappa shape index (κ2) is 4.95. The fourth-order valence-electron chi connectivity index (χ4n) is 2.28. The maximum absolute atomic E-state index is 6.25. The highest BCUT2D eigenvalue weighted by atomic mass is 35.5. The molecule has 1 aliphatic rings. The number of fused-ring (bicyclic) bond motifs is 1. The highest BCUT2D eigenvalue weighted by Gasteiger charge is 2.24.